The van der Waals surface area contributed by atoms with Gasteiger partial charge in [0, 0.05) is 6.04 Å². The highest BCUT2D eigenvalue weighted by Crippen LogP contribution is 2.44. The Morgan fingerprint density at radius 2 is 1.14 bits per heavy atom. The monoisotopic (exact) mass is 477 g/mol. The Morgan fingerprint density at radius 1 is 0.657 bits per heavy atom. The maximum absolute atomic E-state index is 7.34. The molecule has 0 spiro atoms. The van der Waals surface area contributed by atoms with Crippen LogP contribution in [-0.4, -0.2) is 20.9 Å². The van der Waals surface area contributed by atoms with Gasteiger partial charge in [-0.05, 0) is 84.5 Å². The van der Waals surface area contributed by atoms with E-state index in [4.69, 9.17) is 4.43 Å². The molecule has 1 unspecified atom stereocenters. The summed E-state index contributed by atoms with van der Waals surface area (Å²) in [4.78, 5) is 0. The summed E-state index contributed by atoms with van der Waals surface area (Å²) in [5, 5.41) is 3.83. The van der Waals surface area contributed by atoms with Gasteiger partial charge >= 0.3 is 0 Å². The van der Waals surface area contributed by atoms with Gasteiger partial charge in [0.15, 0.2) is 8.32 Å². The molecule has 0 bridgehead atoms. The molecule has 178 valence electrons. The molecular weight excluding hydrogens is 442 g/mol. The van der Waals surface area contributed by atoms with Crippen molar-refractivity contribution in [2.24, 2.45) is 0 Å². The molecule has 4 aromatic rings. The lowest BCUT2D eigenvalue weighted by molar-refractivity contribution is 0.0640. The van der Waals surface area contributed by atoms with Gasteiger partial charge < -0.3 is 9.74 Å². The summed E-state index contributed by atoms with van der Waals surface area (Å²) in [5.74, 6) is 0. The third kappa shape index (κ3) is 5.04. The average molecular weight is 478 g/mol. The summed E-state index contributed by atoms with van der Waals surface area (Å²) < 4.78 is 7.34. The van der Waals surface area contributed by atoms with Crippen LogP contribution in [0.5, 0.6) is 0 Å². The van der Waals surface area contributed by atoms with Crippen LogP contribution in [0.2, 0.25) is 19.6 Å². The van der Waals surface area contributed by atoms with Crippen molar-refractivity contribution in [3.05, 3.63) is 120 Å². The molecule has 5 rings (SSSR count). The van der Waals surface area contributed by atoms with Gasteiger partial charge in [-0.25, -0.2) is 0 Å². The van der Waals surface area contributed by atoms with Gasteiger partial charge in [-0.15, -0.1) is 0 Å². The standard InChI is InChI=1S/C32H35NOSi/c1-35(2,3)34-32(31-21-12-22-33-31,29-19-10-17-27(23-29)25-13-6-4-7-14-25)30-20-11-18-28(24-30)26-15-8-5-9-16-26/h4-11,13-20,23-24,31,33H,12,21-22H2,1-3H3. The van der Waals surface area contributed by atoms with Gasteiger partial charge in [-0.3, -0.25) is 0 Å². The topological polar surface area (TPSA) is 21.3 Å². The first kappa shape index (κ1) is 23.7. The van der Waals surface area contributed by atoms with Crippen molar-refractivity contribution in [3.8, 4) is 22.3 Å². The van der Waals surface area contributed by atoms with E-state index in [0.717, 1.165) is 19.4 Å². The van der Waals surface area contributed by atoms with Crippen molar-refractivity contribution in [2.45, 2.75) is 44.1 Å². The van der Waals surface area contributed by atoms with Gasteiger partial charge in [0.05, 0.1) is 0 Å². The summed E-state index contributed by atoms with van der Waals surface area (Å²) in [6, 6.07) is 39.6. The molecule has 2 nitrogen and oxygen atoms in total. The minimum atomic E-state index is -1.96. The lowest BCUT2D eigenvalue weighted by Gasteiger charge is -2.45. The van der Waals surface area contributed by atoms with Crippen LogP contribution in [0.15, 0.2) is 109 Å². The van der Waals surface area contributed by atoms with E-state index in [9.17, 15) is 0 Å². The molecule has 1 fully saturated rings. The summed E-state index contributed by atoms with van der Waals surface area (Å²) in [6.45, 7) is 7.94. The lowest BCUT2D eigenvalue weighted by atomic mass is 9.78. The van der Waals surface area contributed by atoms with Crippen molar-refractivity contribution in [1.82, 2.24) is 5.32 Å². The summed E-state index contributed by atoms with van der Waals surface area (Å²) >= 11 is 0. The molecule has 4 aromatic carbocycles. The maximum atomic E-state index is 7.34. The quantitative estimate of drug-likeness (QED) is 0.273. The Labute approximate surface area is 211 Å². The molecule has 1 saturated heterocycles. The zero-order valence-electron chi connectivity index (χ0n) is 21.0. The zero-order chi connectivity index (χ0) is 24.3. The fourth-order valence-electron chi connectivity index (χ4n) is 5.39. The Balaban J connectivity index is 1.73. The fraction of sp³-hybridized carbons (Fsp3) is 0.250. The first-order valence-electron chi connectivity index (χ1n) is 12.7. The van der Waals surface area contributed by atoms with Gasteiger partial charge in [0.25, 0.3) is 0 Å². The van der Waals surface area contributed by atoms with Crippen LogP contribution in [0.25, 0.3) is 22.3 Å². The van der Waals surface area contributed by atoms with E-state index in [-0.39, 0.29) is 6.04 Å². The fourth-order valence-corrected chi connectivity index (χ4v) is 6.74. The van der Waals surface area contributed by atoms with Crippen molar-refractivity contribution in [2.75, 3.05) is 6.54 Å². The van der Waals surface area contributed by atoms with Crippen LogP contribution in [0.4, 0.5) is 0 Å². The molecule has 0 radical (unpaired) electrons. The number of hydrogen-bond acceptors (Lipinski definition) is 2. The molecule has 0 saturated carbocycles. The first-order chi connectivity index (χ1) is 17.0. The Kier molecular flexibility index (Phi) is 6.75. The molecule has 0 aliphatic carbocycles. The van der Waals surface area contributed by atoms with Crippen LogP contribution >= 0.6 is 0 Å². The van der Waals surface area contributed by atoms with Gasteiger partial charge in [0.2, 0.25) is 0 Å². The highest BCUT2D eigenvalue weighted by Gasteiger charge is 2.47. The number of rotatable bonds is 7. The number of nitrogens with one attached hydrogen (secondary N) is 1. The first-order valence-corrected chi connectivity index (χ1v) is 16.1. The molecule has 1 aliphatic heterocycles. The van der Waals surface area contributed by atoms with Crippen molar-refractivity contribution < 1.29 is 4.43 Å². The third-order valence-electron chi connectivity index (χ3n) is 6.82. The molecular formula is C32H35NOSi. The molecule has 0 amide bonds. The van der Waals surface area contributed by atoms with Crippen LogP contribution in [0.3, 0.4) is 0 Å². The SMILES string of the molecule is C[Si](C)(C)OC(c1cccc(-c2ccccc2)c1)(c1cccc(-c2ccccc2)c1)C1CCCN1. The van der Waals surface area contributed by atoms with Crippen molar-refractivity contribution in [1.29, 1.82) is 0 Å². The Morgan fingerprint density at radius 3 is 1.57 bits per heavy atom. The van der Waals surface area contributed by atoms with E-state index in [1.807, 2.05) is 0 Å². The summed E-state index contributed by atoms with van der Waals surface area (Å²) in [6.07, 6.45) is 2.26. The second-order valence-electron chi connectivity index (χ2n) is 10.5. The minimum Gasteiger partial charge on any atom is -0.403 e. The van der Waals surface area contributed by atoms with Gasteiger partial charge in [-0.1, -0.05) is 97.1 Å². The van der Waals surface area contributed by atoms with E-state index in [0.29, 0.717) is 0 Å². The van der Waals surface area contributed by atoms with E-state index in [1.54, 1.807) is 0 Å². The molecule has 3 heteroatoms. The predicted octanol–water partition coefficient (Wildman–Crippen LogP) is 7.87. The smallest absolute Gasteiger partial charge is 0.185 e. The Hall–Kier alpha value is -2.98. The largest absolute Gasteiger partial charge is 0.403 e. The van der Waals surface area contributed by atoms with E-state index < -0.39 is 13.9 Å². The maximum Gasteiger partial charge on any atom is 0.185 e. The van der Waals surface area contributed by atoms with Crippen LogP contribution in [0, 0.1) is 0 Å². The van der Waals surface area contributed by atoms with Crippen molar-refractivity contribution in [3.63, 3.8) is 0 Å². The molecule has 1 atom stereocenters. The van der Waals surface area contributed by atoms with Crippen molar-refractivity contribution >= 4 is 8.32 Å². The molecule has 0 aromatic heterocycles. The second-order valence-corrected chi connectivity index (χ2v) is 14.9. The van der Waals surface area contributed by atoms with Crippen LogP contribution in [-0.2, 0) is 10.0 Å². The van der Waals surface area contributed by atoms with E-state index >= 15 is 0 Å². The highest BCUT2D eigenvalue weighted by atomic mass is 28.4. The van der Waals surface area contributed by atoms with E-state index in [1.165, 1.54) is 33.4 Å². The molecule has 35 heavy (non-hydrogen) atoms. The minimum absolute atomic E-state index is 0.214. The third-order valence-corrected chi connectivity index (χ3v) is 7.75. The van der Waals surface area contributed by atoms with E-state index in [2.05, 4.69) is 134 Å². The number of hydrogen-bond donors (Lipinski definition) is 1. The highest BCUT2D eigenvalue weighted by molar-refractivity contribution is 6.69. The van der Waals surface area contributed by atoms with Gasteiger partial charge in [0.1, 0.15) is 5.60 Å². The normalized spacial score (nSPS) is 16.4. The Bertz CT molecular complexity index is 1170. The predicted molar refractivity (Wildman–Crippen MR) is 150 cm³/mol. The van der Waals surface area contributed by atoms with Gasteiger partial charge in [-0.2, -0.15) is 0 Å². The molecule has 1 N–H and O–H groups in total. The van der Waals surface area contributed by atoms with Crippen LogP contribution in [0.1, 0.15) is 24.0 Å². The summed E-state index contributed by atoms with van der Waals surface area (Å²) in [7, 11) is -1.96. The second kappa shape index (κ2) is 9.94. The average Bonchev–Trinajstić information content (AvgIpc) is 3.43. The molecule has 1 aliphatic rings. The summed E-state index contributed by atoms with van der Waals surface area (Å²) in [5.41, 5.74) is 6.81. The lowest BCUT2D eigenvalue weighted by Crippen LogP contribution is -2.53. The number of benzene rings is 4. The zero-order valence-corrected chi connectivity index (χ0v) is 22.0. The molecule has 1 heterocycles. The van der Waals surface area contributed by atoms with Crippen LogP contribution < -0.4 is 5.32 Å².